The molecule has 0 saturated heterocycles. The smallest absolute Gasteiger partial charge is 0.295 e. The van der Waals surface area contributed by atoms with Gasteiger partial charge in [-0.2, -0.15) is 11.3 Å². The summed E-state index contributed by atoms with van der Waals surface area (Å²) in [5, 5.41) is 0. The van der Waals surface area contributed by atoms with Crippen molar-refractivity contribution in [2.45, 2.75) is 64.7 Å². The second kappa shape index (κ2) is 12.1. The molecular formula is C22H27BrMgS3. The zero-order chi connectivity index (χ0) is 18.9. The SMILES string of the molecule is CCCCCCCCCCc1ccc(-c2ccc(-c3cc[c]([Mg][Br])s3)s2)s1. The second-order valence-electron chi connectivity index (χ2n) is 7.05. The molecule has 5 heteroatoms. The standard InChI is InChI=1S/C22H27S3.BrH.Mg/c1-2-3-4-5-6-7-8-9-11-18-13-14-21(24-18)22-16-15-20(25-22)19-12-10-17-23-19;;/h10,12-16H,2-9,11H2,1H3;1H;/q;;+1/p-1. The van der Waals surface area contributed by atoms with E-state index in [4.69, 9.17) is 0 Å². The fourth-order valence-corrected chi connectivity index (χ4v) is 8.78. The number of hydrogen-bond acceptors (Lipinski definition) is 3. The van der Waals surface area contributed by atoms with Gasteiger partial charge in [-0.25, -0.2) is 0 Å². The van der Waals surface area contributed by atoms with Crippen molar-refractivity contribution < 1.29 is 0 Å². The van der Waals surface area contributed by atoms with Crippen molar-refractivity contribution >= 4 is 68.1 Å². The summed E-state index contributed by atoms with van der Waals surface area (Å²) in [6, 6.07) is 13.8. The minimum atomic E-state index is -0.214. The van der Waals surface area contributed by atoms with Gasteiger partial charge in [0, 0.05) is 24.4 Å². The van der Waals surface area contributed by atoms with E-state index in [0.717, 1.165) is 0 Å². The molecule has 0 aliphatic heterocycles. The van der Waals surface area contributed by atoms with Crippen molar-refractivity contribution in [1.29, 1.82) is 0 Å². The van der Waals surface area contributed by atoms with Crippen molar-refractivity contribution in [2.75, 3.05) is 0 Å². The third-order valence-electron chi connectivity index (χ3n) is 4.82. The third-order valence-corrected chi connectivity index (χ3v) is 12.7. The van der Waals surface area contributed by atoms with Gasteiger partial charge >= 0.3 is 18.2 Å². The maximum Gasteiger partial charge on any atom is 0.522 e. The highest BCUT2D eigenvalue weighted by Gasteiger charge is 2.10. The fraction of sp³-hybridized carbons (Fsp3) is 0.455. The molecule has 0 spiro atoms. The van der Waals surface area contributed by atoms with Crippen LogP contribution in [-0.4, -0.2) is 18.2 Å². The minimum Gasteiger partial charge on any atom is -0.295 e. The first kappa shape index (κ1) is 22.0. The van der Waals surface area contributed by atoms with Gasteiger partial charge in [0.2, 0.25) is 0 Å². The van der Waals surface area contributed by atoms with Gasteiger partial charge in [-0.3, -0.25) is 12.9 Å². The molecule has 3 heterocycles. The largest absolute Gasteiger partial charge is 0.522 e. The molecule has 0 atom stereocenters. The van der Waals surface area contributed by atoms with Gasteiger partial charge in [-0.1, -0.05) is 57.9 Å². The molecule has 0 aromatic carbocycles. The first-order valence-corrected chi connectivity index (χ1v) is 17.2. The topological polar surface area (TPSA) is 0 Å². The molecule has 0 bridgehead atoms. The number of hydrogen-bond donors (Lipinski definition) is 0. The fourth-order valence-electron chi connectivity index (χ4n) is 3.26. The molecule has 0 fully saturated rings. The Morgan fingerprint density at radius 3 is 1.89 bits per heavy atom. The average molecular weight is 492 g/mol. The van der Waals surface area contributed by atoms with Gasteiger partial charge in [-0.15, -0.1) is 25.7 Å². The Hall–Kier alpha value is 0.346. The Balaban J connectivity index is 1.45. The van der Waals surface area contributed by atoms with Crippen LogP contribution in [0.25, 0.3) is 19.5 Å². The Bertz CT molecular complexity index is 802. The highest BCUT2D eigenvalue weighted by atomic mass is 79.9. The maximum absolute atomic E-state index is 3.69. The number of halogens is 1. The van der Waals surface area contributed by atoms with Crippen molar-refractivity contribution in [3.05, 3.63) is 41.3 Å². The Morgan fingerprint density at radius 2 is 1.22 bits per heavy atom. The number of thiophene rings is 3. The van der Waals surface area contributed by atoms with Crippen LogP contribution >= 0.6 is 46.9 Å². The van der Waals surface area contributed by atoms with E-state index in [2.05, 4.69) is 56.2 Å². The summed E-state index contributed by atoms with van der Waals surface area (Å²) in [7, 11) is 0. The maximum atomic E-state index is 3.69. The lowest BCUT2D eigenvalue weighted by atomic mass is 10.1. The zero-order valence-electron chi connectivity index (χ0n) is 16.1. The molecule has 3 aromatic heterocycles. The summed E-state index contributed by atoms with van der Waals surface area (Å²) >= 11 is 9.35. The van der Waals surface area contributed by atoms with E-state index in [0.29, 0.717) is 0 Å². The van der Waals surface area contributed by atoms with E-state index >= 15 is 0 Å². The van der Waals surface area contributed by atoms with E-state index in [1.807, 2.05) is 34.0 Å². The predicted octanol–water partition coefficient (Wildman–Crippen LogP) is 8.53. The van der Waals surface area contributed by atoms with Crippen LogP contribution in [0.5, 0.6) is 0 Å². The molecule has 0 amide bonds. The highest BCUT2D eigenvalue weighted by Crippen LogP contribution is 2.39. The lowest BCUT2D eigenvalue weighted by Gasteiger charge is -2.00. The van der Waals surface area contributed by atoms with E-state index < -0.39 is 0 Å². The lowest BCUT2D eigenvalue weighted by Crippen LogP contribution is -1.98. The second-order valence-corrected chi connectivity index (χ2v) is 13.7. The van der Waals surface area contributed by atoms with Gasteiger partial charge in [0.1, 0.15) is 0 Å². The summed E-state index contributed by atoms with van der Waals surface area (Å²) in [4.78, 5) is 7.24. The van der Waals surface area contributed by atoms with Crippen LogP contribution in [-0.2, 0) is 6.42 Å². The zero-order valence-corrected chi connectivity index (χ0v) is 21.6. The molecule has 0 radical (unpaired) electrons. The molecule has 142 valence electrons. The van der Waals surface area contributed by atoms with Crippen molar-refractivity contribution in [2.24, 2.45) is 0 Å². The molecule has 0 saturated carbocycles. The summed E-state index contributed by atoms with van der Waals surface area (Å²) in [6.45, 7) is 2.29. The first-order valence-electron chi connectivity index (χ1n) is 10.1. The Kier molecular flexibility index (Phi) is 9.91. The van der Waals surface area contributed by atoms with Gasteiger partial charge in [0.15, 0.2) is 0 Å². The summed E-state index contributed by atoms with van der Waals surface area (Å²) in [5.41, 5.74) is 0. The summed E-state index contributed by atoms with van der Waals surface area (Å²) in [6.07, 6.45) is 12.4. The van der Waals surface area contributed by atoms with Crippen LogP contribution in [0.1, 0.15) is 63.2 Å². The quantitative estimate of drug-likeness (QED) is 0.176. The summed E-state index contributed by atoms with van der Waals surface area (Å²) < 4.78 is 1.53. The van der Waals surface area contributed by atoms with Crippen molar-refractivity contribution in [1.82, 2.24) is 0 Å². The Morgan fingerprint density at radius 1 is 0.667 bits per heavy atom. The molecule has 3 rings (SSSR count). The number of rotatable bonds is 12. The number of unbranched alkanes of at least 4 members (excludes halogenated alkanes) is 7. The third kappa shape index (κ3) is 6.97. The molecule has 0 N–H and O–H groups in total. The predicted molar refractivity (Wildman–Crippen MR) is 132 cm³/mol. The lowest BCUT2D eigenvalue weighted by molar-refractivity contribution is 0.576. The van der Waals surface area contributed by atoms with E-state index in [-0.39, 0.29) is 18.2 Å². The van der Waals surface area contributed by atoms with Crippen molar-refractivity contribution in [3.63, 3.8) is 0 Å². The van der Waals surface area contributed by atoms with Crippen molar-refractivity contribution in [3.8, 4) is 19.5 Å². The minimum absolute atomic E-state index is 0.214. The summed E-state index contributed by atoms with van der Waals surface area (Å²) in [5.74, 6) is 0. The van der Waals surface area contributed by atoms with E-state index in [1.165, 1.54) is 80.3 Å². The van der Waals surface area contributed by atoms with Gasteiger partial charge in [0.05, 0.1) is 0 Å². The van der Waals surface area contributed by atoms with Crippen LogP contribution in [0.15, 0.2) is 36.4 Å². The first-order chi connectivity index (χ1) is 13.3. The molecule has 0 nitrogen and oxygen atoms in total. The van der Waals surface area contributed by atoms with Crippen LogP contribution in [0, 0.1) is 0 Å². The highest BCUT2D eigenvalue weighted by molar-refractivity contribution is 9.23. The Labute approximate surface area is 192 Å². The molecule has 0 unspecified atom stereocenters. The molecule has 0 aliphatic carbocycles. The molecular weight excluding hydrogens is 465 g/mol. The van der Waals surface area contributed by atoms with E-state index in [9.17, 15) is 0 Å². The normalized spacial score (nSPS) is 11.0. The number of aryl methyl sites for hydroxylation is 1. The van der Waals surface area contributed by atoms with Crippen LogP contribution in [0.4, 0.5) is 0 Å². The average Bonchev–Trinajstić information content (AvgIpc) is 3.43. The van der Waals surface area contributed by atoms with E-state index in [1.54, 1.807) is 4.88 Å². The molecule has 3 aromatic rings. The van der Waals surface area contributed by atoms with Crippen LogP contribution in [0.3, 0.4) is 0 Å². The van der Waals surface area contributed by atoms with Gasteiger partial charge < -0.3 is 0 Å². The molecule has 0 aliphatic rings. The monoisotopic (exact) mass is 490 g/mol. The molecule has 27 heavy (non-hydrogen) atoms. The van der Waals surface area contributed by atoms with Crippen LogP contribution in [0.2, 0.25) is 0 Å². The van der Waals surface area contributed by atoms with Crippen LogP contribution < -0.4 is 3.01 Å². The van der Waals surface area contributed by atoms with Gasteiger partial charge in [0.25, 0.3) is 0 Å². The van der Waals surface area contributed by atoms with Gasteiger partial charge in [-0.05, 0) is 43.2 Å².